The molecule has 35 heavy (non-hydrogen) atoms. The van der Waals surface area contributed by atoms with Crippen molar-refractivity contribution in [3.63, 3.8) is 0 Å². The average Bonchev–Trinajstić information content (AvgIpc) is 3.33. The van der Waals surface area contributed by atoms with E-state index in [1.54, 1.807) is 50.8 Å². The van der Waals surface area contributed by atoms with Crippen molar-refractivity contribution in [2.45, 2.75) is 6.92 Å². The minimum absolute atomic E-state index is 0.268. The highest BCUT2D eigenvalue weighted by atomic mass is 16.5. The zero-order chi connectivity index (χ0) is 24.4. The third-order valence-corrected chi connectivity index (χ3v) is 5.55. The highest BCUT2D eigenvalue weighted by Gasteiger charge is 2.18. The molecule has 0 aliphatic heterocycles. The first-order valence-corrected chi connectivity index (χ1v) is 11.1. The van der Waals surface area contributed by atoms with E-state index >= 15 is 0 Å². The summed E-state index contributed by atoms with van der Waals surface area (Å²) in [5.41, 5.74) is 1.49. The van der Waals surface area contributed by atoms with Gasteiger partial charge in [0.05, 0.1) is 43.3 Å². The number of ether oxygens (including phenoxy) is 3. The first kappa shape index (κ1) is 22.2. The third kappa shape index (κ3) is 3.99. The van der Waals surface area contributed by atoms with Gasteiger partial charge in [-0.1, -0.05) is 24.3 Å². The number of fused-ring (bicyclic) bond motifs is 2. The number of rotatable bonds is 7. The van der Waals surface area contributed by atoms with Crippen LogP contribution < -0.4 is 19.8 Å². The van der Waals surface area contributed by atoms with E-state index in [1.807, 2.05) is 43.3 Å². The zero-order valence-corrected chi connectivity index (χ0v) is 19.5. The van der Waals surface area contributed by atoms with Crippen molar-refractivity contribution >= 4 is 28.1 Å². The lowest BCUT2D eigenvalue weighted by Gasteiger charge is -2.12. The molecule has 0 amide bonds. The largest absolute Gasteiger partial charge is 0.496 e. The Morgan fingerprint density at radius 1 is 0.971 bits per heavy atom. The van der Waals surface area contributed by atoms with E-state index in [0.29, 0.717) is 51.7 Å². The number of benzene rings is 3. The normalized spacial score (nSPS) is 11.4. The maximum atomic E-state index is 13.5. The Kier molecular flexibility index (Phi) is 5.93. The predicted molar refractivity (Wildman–Crippen MR) is 135 cm³/mol. The maximum absolute atomic E-state index is 13.5. The maximum Gasteiger partial charge on any atom is 0.282 e. The Hall–Kier alpha value is -4.59. The van der Waals surface area contributed by atoms with Crippen LogP contribution in [0.2, 0.25) is 0 Å². The molecule has 0 unspecified atom stereocenters. The van der Waals surface area contributed by atoms with E-state index in [1.165, 1.54) is 4.68 Å². The summed E-state index contributed by atoms with van der Waals surface area (Å²) in [6.07, 6.45) is 1.55. The molecule has 0 N–H and O–H groups in total. The van der Waals surface area contributed by atoms with Crippen molar-refractivity contribution in [2.75, 3.05) is 20.8 Å². The minimum atomic E-state index is -0.324. The number of hydrogen-bond acceptors (Lipinski definition) is 7. The van der Waals surface area contributed by atoms with E-state index in [2.05, 4.69) is 5.10 Å². The Morgan fingerprint density at radius 2 is 1.74 bits per heavy atom. The first-order valence-electron chi connectivity index (χ1n) is 11.1. The number of methoxy groups -OCH3 is 2. The van der Waals surface area contributed by atoms with Crippen LogP contribution in [0.15, 0.2) is 81.0 Å². The van der Waals surface area contributed by atoms with Gasteiger partial charge >= 0.3 is 0 Å². The number of aromatic nitrogens is 2. The van der Waals surface area contributed by atoms with Gasteiger partial charge in [0, 0.05) is 5.56 Å². The quantitative estimate of drug-likeness (QED) is 0.308. The van der Waals surface area contributed by atoms with E-state index in [9.17, 15) is 4.79 Å². The van der Waals surface area contributed by atoms with Crippen LogP contribution in [-0.4, -0.2) is 36.7 Å². The second kappa shape index (κ2) is 9.34. The van der Waals surface area contributed by atoms with Crippen LogP contribution in [0.3, 0.4) is 0 Å². The molecule has 3 aromatic carbocycles. The number of para-hydroxylation sites is 2. The molecule has 176 valence electrons. The van der Waals surface area contributed by atoms with Crippen LogP contribution >= 0.6 is 0 Å². The molecule has 0 fully saturated rings. The summed E-state index contributed by atoms with van der Waals surface area (Å²) in [5.74, 6) is 2.43. The van der Waals surface area contributed by atoms with Crippen molar-refractivity contribution in [1.82, 2.24) is 9.66 Å². The first-order chi connectivity index (χ1) is 17.1. The Labute approximate surface area is 201 Å². The van der Waals surface area contributed by atoms with Crippen molar-refractivity contribution in [3.8, 4) is 28.8 Å². The van der Waals surface area contributed by atoms with Gasteiger partial charge in [-0.2, -0.15) is 9.78 Å². The summed E-state index contributed by atoms with van der Waals surface area (Å²) in [5, 5.41) is 5.74. The molecular formula is C27H23N3O5. The van der Waals surface area contributed by atoms with Crippen LogP contribution in [0.4, 0.5) is 0 Å². The van der Waals surface area contributed by atoms with Gasteiger partial charge in [0.1, 0.15) is 11.3 Å². The number of hydrogen-bond donors (Lipinski definition) is 0. The standard InChI is InChI=1S/C27H23N3O5/c1-4-34-25-17(9-7-14-23(25)33-3)16-28-30-26(29-20-11-6-5-10-18(20)27(30)31)24-15-19-21(32-2)12-8-13-22(19)35-24/h5-16H,4H2,1-3H3. The fraction of sp³-hybridized carbons (Fsp3) is 0.148. The Balaban J connectivity index is 1.73. The molecule has 0 radical (unpaired) electrons. The van der Waals surface area contributed by atoms with Crippen molar-refractivity contribution in [1.29, 1.82) is 0 Å². The molecule has 0 saturated carbocycles. The SMILES string of the molecule is CCOc1c(C=Nn2c(-c3cc4c(OC)cccc4o3)nc3ccccc3c2=O)cccc1OC. The van der Waals surface area contributed by atoms with Gasteiger partial charge in [-0.15, -0.1) is 0 Å². The third-order valence-electron chi connectivity index (χ3n) is 5.55. The lowest BCUT2D eigenvalue weighted by Crippen LogP contribution is -2.20. The molecule has 0 spiro atoms. The fourth-order valence-corrected chi connectivity index (χ4v) is 3.93. The van der Waals surface area contributed by atoms with Gasteiger partial charge in [0.2, 0.25) is 5.82 Å². The molecule has 0 bridgehead atoms. The van der Waals surface area contributed by atoms with Crippen LogP contribution in [0.25, 0.3) is 33.5 Å². The lowest BCUT2D eigenvalue weighted by atomic mass is 10.2. The second-order valence-electron chi connectivity index (χ2n) is 7.61. The fourth-order valence-electron chi connectivity index (χ4n) is 3.93. The molecule has 5 rings (SSSR count). The molecule has 5 aromatic rings. The Bertz CT molecular complexity index is 1620. The van der Waals surface area contributed by atoms with Gasteiger partial charge in [0.15, 0.2) is 17.3 Å². The van der Waals surface area contributed by atoms with Gasteiger partial charge in [0.25, 0.3) is 5.56 Å². The predicted octanol–water partition coefficient (Wildman–Crippen LogP) is 5.11. The molecule has 8 heteroatoms. The highest BCUT2D eigenvalue weighted by Crippen LogP contribution is 2.33. The molecule has 0 atom stereocenters. The summed E-state index contributed by atoms with van der Waals surface area (Å²) in [7, 11) is 3.17. The van der Waals surface area contributed by atoms with E-state index in [4.69, 9.17) is 23.6 Å². The minimum Gasteiger partial charge on any atom is -0.496 e. The molecule has 2 heterocycles. The van der Waals surface area contributed by atoms with Crippen LogP contribution in [0.5, 0.6) is 17.2 Å². The summed E-state index contributed by atoms with van der Waals surface area (Å²) in [6, 6.07) is 19.9. The monoisotopic (exact) mass is 469 g/mol. The second-order valence-corrected chi connectivity index (χ2v) is 7.61. The van der Waals surface area contributed by atoms with Crippen LogP contribution in [0.1, 0.15) is 12.5 Å². The molecule has 2 aromatic heterocycles. The summed E-state index contributed by atoms with van der Waals surface area (Å²) in [4.78, 5) is 18.2. The average molecular weight is 469 g/mol. The summed E-state index contributed by atoms with van der Waals surface area (Å²) < 4.78 is 24.0. The summed E-state index contributed by atoms with van der Waals surface area (Å²) in [6.45, 7) is 2.34. The Morgan fingerprint density at radius 3 is 2.54 bits per heavy atom. The molecule has 8 nitrogen and oxygen atoms in total. The van der Waals surface area contributed by atoms with Crippen LogP contribution in [0, 0.1) is 0 Å². The van der Waals surface area contributed by atoms with Crippen molar-refractivity contribution < 1.29 is 18.6 Å². The number of furan rings is 1. The van der Waals surface area contributed by atoms with E-state index in [-0.39, 0.29) is 11.4 Å². The van der Waals surface area contributed by atoms with Gasteiger partial charge in [-0.05, 0) is 49.4 Å². The molecule has 0 aliphatic carbocycles. The summed E-state index contributed by atoms with van der Waals surface area (Å²) >= 11 is 0. The topological polar surface area (TPSA) is 88.1 Å². The van der Waals surface area contributed by atoms with Crippen molar-refractivity contribution in [2.24, 2.45) is 5.10 Å². The van der Waals surface area contributed by atoms with Crippen molar-refractivity contribution in [3.05, 3.63) is 82.6 Å². The smallest absolute Gasteiger partial charge is 0.282 e. The van der Waals surface area contributed by atoms with Gasteiger partial charge < -0.3 is 18.6 Å². The van der Waals surface area contributed by atoms with E-state index < -0.39 is 0 Å². The zero-order valence-electron chi connectivity index (χ0n) is 19.5. The lowest BCUT2D eigenvalue weighted by molar-refractivity contribution is 0.310. The highest BCUT2D eigenvalue weighted by molar-refractivity contribution is 5.89. The van der Waals surface area contributed by atoms with Gasteiger partial charge in [-0.3, -0.25) is 4.79 Å². The van der Waals surface area contributed by atoms with Crippen LogP contribution in [-0.2, 0) is 0 Å². The molecule has 0 aliphatic rings. The van der Waals surface area contributed by atoms with Gasteiger partial charge in [-0.25, -0.2) is 4.98 Å². The number of nitrogens with zero attached hydrogens (tertiary/aromatic N) is 3. The van der Waals surface area contributed by atoms with E-state index in [0.717, 1.165) is 5.39 Å². The molecule has 0 saturated heterocycles. The molecular weight excluding hydrogens is 446 g/mol.